The zero-order valence-corrected chi connectivity index (χ0v) is 9.18. The Balaban J connectivity index is 2.59. The van der Waals surface area contributed by atoms with Crippen molar-refractivity contribution in [2.75, 3.05) is 0 Å². The summed E-state index contributed by atoms with van der Waals surface area (Å²) in [6.45, 7) is 0. The van der Waals surface area contributed by atoms with Crippen molar-refractivity contribution in [3.8, 4) is 11.1 Å². The molecule has 2 nitrogen and oxygen atoms in total. The average Bonchev–Trinajstić information content (AvgIpc) is 2.61. The number of thiophene rings is 1. The predicted octanol–water partition coefficient (Wildman–Crippen LogP) is 3.77. The molecule has 1 heterocycles. The molecule has 0 radical (unpaired) electrons. The van der Waals surface area contributed by atoms with Crippen LogP contribution in [-0.2, 0) is 0 Å². The van der Waals surface area contributed by atoms with E-state index in [1.54, 1.807) is 5.38 Å². The van der Waals surface area contributed by atoms with Gasteiger partial charge in [0.25, 0.3) is 0 Å². The highest BCUT2D eigenvalue weighted by molar-refractivity contribution is 7.15. The van der Waals surface area contributed by atoms with Gasteiger partial charge in [-0.3, -0.25) is 0 Å². The van der Waals surface area contributed by atoms with Crippen LogP contribution in [0.2, 0.25) is 4.34 Å². The van der Waals surface area contributed by atoms with Gasteiger partial charge >= 0.3 is 5.97 Å². The fourth-order valence-electron chi connectivity index (χ4n) is 1.36. The molecule has 0 amide bonds. The van der Waals surface area contributed by atoms with Gasteiger partial charge in [-0.15, -0.1) is 11.3 Å². The number of hydrogen-bond donors (Lipinski definition) is 1. The molecule has 0 aliphatic heterocycles. The SMILES string of the molecule is O=C(O)c1c(-c2ccccc2)csc1Cl. The Bertz CT molecular complexity index is 491. The molecule has 0 fully saturated rings. The lowest BCUT2D eigenvalue weighted by molar-refractivity contribution is 0.0698. The minimum absolute atomic E-state index is 0.188. The van der Waals surface area contributed by atoms with E-state index < -0.39 is 5.97 Å². The van der Waals surface area contributed by atoms with Gasteiger partial charge in [0, 0.05) is 10.9 Å². The second-order valence-corrected chi connectivity index (χ2v) is 4.45. The fraction of sp³-hybridized carbons (Fsp3) is 0. The van der Waals surface area contributed by atoms with E-state index in [9.17, 15) is 4.79 Å². The quantitative estimate of drug-likeness (QED) is 0.865. The molecule has 0 saturated carbocycles. The average molecular weight is 239 g/mol. The molecule has 0 aliphatic rings. The standard InChI is InChI=1S/C11H7ClO2S/c12-10-9(11(13)14)8(6-15-10)7-4-2-1-3-5-7/h1-6H,(H,13,14). The smallest absolute Gasteiger partial charge is 0.338 e. The van der Waals surface area contributed by atoms with Crippen LogP contribution in [0.5, 0.6) is 0 Å². The highest BCUT2D eigenvalue weighted by Gasteiger charge is 2.17. The summed E-state index contributed by atoms with van der Waals surface area (Å²) < 4.78 is 0.321. The Morgan fingerprint density at radius 2 is 1.93 bits per heavy atom. The number of carboxylic acids is 1. The Morgan fingerprint density at radius 1 is 1.27 bits per heavy atom. The van der Waals surface area contributed by atoms with Crippen molar-refractivity contribution >= 4 is 28.9 Å². The van der Waals surface area contributed by atoms with Crippen LogP contribution in [0.15, 0.2) is 35.7 Å². The molecule has 1 aromatic carbocycles. The molecule has 15 heavy (non-hydrogen) atoms. The number of aromatic carboxylic acids is 1. The normalized spacial score (nSPS) is 10.2. The van der Waals surface area contributed by atoms with Crippen LogP contribution in [0.1, 0.15) is 10.4 Å². The number of rotatable bonds is 2. The number of carbonyl (C=O) groups is 1. The Labute approximate surface area is 95.8 Å². The molecule has 0 aliphatic carbocycles. The van der Waals surface area contributed by atoms with E-state index in [4.69, 9.17) is 16.7 Å². The lowest BCUT2D eigenvalue weighted by atomic mass is 10.1. The van der Waals surface area contributed by atoms with Gasteiger partial charge in [0.05, 0.1) is 5.56 Å². The maximum absolute atomic E-state index is 11.0. The lowest BCUT2D eigenvalue weighted by Gasteiger charge is -1.99. The summed E-state index contributed by atoms with van der Waals surface area (Å²) in [5.41, 5.74) is 1.74. The van der Waals surface area contributed by atoms with E-state index in [2.05, 4.69) is 0 Å². The highest BCUT2D eigenvalue weighted by atomic mass is 35.5. The van der Waals surface area contributed by atoms with E-state index in [1.165, 1.54) is 11.3 Å². The fourth-order valence-corrected chi connectivity index (χ4v) is 2.47. The molecule has 76 valence electrons. The molecule has 1 aromatic heterocycles. The first-order chi connectivity index (χ1) is 7.20. The van der Waals surface area contributed by atoms with Crippen LogP contribution in [0, 0.1) is 0 Å². The summed E-state index contributed by atoms with van der Waals surface area (Å²) in [4.78, 5) is 11.0. The van der Waals surface area contributed by atoms with Crippen molar-refractivity contribution in [2.24, 2.45) is 0 Å². The summed E-state index contributed by atoms with van der Waals surface area (Å²) >= 11 is 7.07. The van der Waals surface area contributed by atoms with E-state index >= 15 is 0 Å². The largest absolute Gasteiger partial charge is 0.478 e. The Morgan fingerprint density at radius 3 is 2.53 bits per heavy atom. The van der Waals surface area contributed by atoms with Crippen LogP contribution >= 0.6 is 22.9 Å². The van der Waals surface area contributed by atoms with Crippen molar-refractivity contribution in [3.05, 3.63) is 45.6 Å². The third-order valence-electron chi connectivity index (χ3n) is 2.04. The monoisotopic (exact) mass is 238 g/mol. The maximum atomic E-state index is 11.0. The molecule has 2 rings (SSSR count). The summed E-state index contributed by atoms with van der Waals surface area (Å²) in [6.07, 6.45) is 0. The second kappa shape index (κ2) is 4.04. The van der Waals surface area contributed by atoms with Crippen LogP contribution in [0.3, 0.4) is 0 Å². The summed E-state index contributed by atoms with van der Waals surface area (Å²) in [5, 5.41) is 10.8. The molecule has 0 unspecified atom stereocenters. The predicted molar refractivity (Wildman–Crippen MR) is 61.7 cm³/mol. The molecule has 1 N–H and O–H groups in total. The van der Waals surface area contributed by atoms with Crippen molar-refractivity contribution in [3.63, 3.8) is 0 Å². The van der Waals surface area contributed by atoms with E-state index in [0.29, 0.717) is 9.90 Å². The zero-order valence-electron chi connectivity index (χ0n) is 7.61. The minimum Gasteiger partial charge on any atom is -0.478 e. The van der Waals surface area contributed by atoms with Crippen molar-refractivity contribution in [1.82, 2.24) is 0 Å². The molecule has 0 saturated heterocycles. The molecule has 4 heteroatoms. The Hall–Kier alpha value is -1.32. The number of halogens is 1. The first-order valence-electron chi connectivity index (χ1n) is 4.26. The van der Waals surface area contributed by atoms with Gasteiger partial charge in [0.1, 0.15) is 4.34 Å². The van der Waals surface area contributed by atoms with Gasteiger partial charge in [-0.2, -0.15) is 0 Å². The third kappa shape index (κ3) is 1.89. The summed E-state index contributed by atoms with van der Waals surface area (Å²) in [7, 11) is 0. The third-order valence-corrected chi connectivity index (χ3v) is 3.27. The first kappa shape index (κ1) is 10.2. The van der Waals surface area contributed by atoms with Crippen LogP contribution in [-0.4, -0.2) is 11.1 Å². The van der Waals surface area contributed by atoms with Gasteiger partial charge in [0.2, 0.25) is 0 Å². The van der Waals surface area contributed by atoms with Gasteiger partial charge in [0.15, 0.2) is 0 Å². The van der Waals surface area contributed by atoms with Gasteiger partial charge in [-0.1, -0.05) is 41.9 Å². The summed E-state index contributed by atoms with van der Waals surface area (Å²) in [5.74, 6) is -0.986. The highest BCUT2D eigenvalue weighted by Crippen LogP contribution is 2.34. The second-order valence-electron chi connectivity index (χ2n) is 2.97. The van der Waals surface area contributed by atoms with E-state index in [1.807, 2.05) is 30.3 Å². The maximum Gasteiger partial charge on any atom is 0.338 e. The molecule has 0 atom stereocenters. The number of carboxylic acid groups (broad SMARTS) is 1. The number of benzene rings is 1. The molecular formula is C11H7ClO2S. The number of hydrogen-bond acceptors (Lipinski definition) is 2. The molecular weight excluding hydrogens is 232 g/mol. The minimum atomic E-state index is -0.986. The van der Waals surface area contributed by atoms with Crippen LogP contribution in [0.4, 0.5) is 0 Å². The molecule has 2 aromatic rings. The van der Waals surface area contributed by atoms with Crippen LogP contribution in [0.25, 0.3) is 11.1 Å². The van der Waals surface area contributed by atoms with E-state index in [-0.39, 0.29) is 5.56 Å². The van der Waals surface area contributed by atoms with Gasteiger partial charge in [-0.25, -0.2) is 4.79 Å². The summed E-state index contributed by atoms with van der Waals surface area (Å²) in [6, 6.07) is 9.35. The van der Waals surface area contributed by atoms with Gasteiger partial charge < -0.3 is 5.11 Å². The first-order valence-corrected chi connectivity index (χ1v) is 5.51. The van der Waals surface area contributed by atoms with Gasteiger partial charge in [-0.05, 0) is 5.56 Å². The zero-order chi connectivity index (χ0) is 10.8. The lowest BCUT2D eigenvalue weighted by Crippen LogP contribution is -1.96. The van der Waals surface area contributed by atoms with Crippen LogP contribution < -0.4 is 0 Å². The van der Waals surface area contributed by atoms with E-state index in [0.717, 1.165) is 5.56 Å². The molecule has 0 spiro atoms. The van der Waals surface area contributed by atoms with Crippen molar-refractivity contribution in [1.29, 1.82) is 0 Å². The molecule has 0 bridgehead atoms. The van der Waals surface area contributed by atoms with Crippen molar-refractivity contribution in [2.45, 2.75) is 0 Å². The Kier molecular flexibility index (Phi) is 2.75. The topological polar surface area (TPSA) is 37.3 Å². The van der Waals surface area contributed by atoms with Crippen molar-refractivity contribution < 1.29 is 9.90 Å².